The topological polar surface area (TPSA) is 88.5 Å². The summed E-state index contributed by atoms with van der Waals surface area (Å²) in [4.78, 5) is 27.0. The normalized spacial score (nSPS) is 15.4. The highest BCUT2D eigenvalue weighted by Gasteiger charge is 2.40. The van der Waals surface area contributed by atoms with E-state index in [-0.39, 0.29) is 18.2 Å². The molecule has 2 aromatic rings. The zero-order valence-corrected chi connectivity index (χ0v) is 14.6. The van der Waals surface area contributed by atoms with Gasteiger partial charge in [-0.3, -0.25) is 9.59 Å². The SMILES string of the molecule is O=C(O)CC1(NC(=O)c2ccc(Oc3ccc(C(F)(F)F)cn3)cc2)CCC1. The Hall–Kier alpha value is -3.10. The lowest BCUT2D eigenvalue weighted by molar-refractivity contribution is -0.140. The van der Waals surface area contributed by atoms with Crippen LogP contribution in [-0.2, 0) is 11.0 Å². The van der Waals surface area contributed by atoms with E-state index in [1.54, 1.807) is 0 Å². The van der Waals surface area contributed by atoms with Gasteiger partial charge in [0, 0.05) is 17.8 Å². The van der Waals surface area contributed by atoms with Gasteiger partial charge in [-0.15, -0.1) is 0 Å². The Kier molecular flexibility index (Phi) is 5.26. The number of carbonyl (C=O) groups excluding carboxylic acids is 1. The Morgan fingerprint density at radius 1 is 1.14 bits per heavy atom. The van der Waals surface area contributed by atoms with Gasteiger partial charge in [0.15, 0.2) is 0 Å². The van der Waals surface area contributed by atoms with Crippen LogP contribution in [0.3, 0.4) is 0 Å². The Morgan fingerprint density at radius 2 is 1.82 bits per heavy atom. The molecule has 9 heteroatoms. The summed E-state index contributed by atoms with van der Waals surface area (Å²) in [7, 11) is 0. The molecule has 148 valence electrons. The van der Waals surface area contributed by atoms with Crippen molar-refractivity contribution in [1.82, 2.24) is 10.3 Å². The highest BCUT2D eigenvalue weighted by molar-refractivity contribution is 5.95. The molecule has 1 fully saturated rings. The molecule has 0 spiro atoms. The number of hydrogen-bond acceptors (Lipinski definition) is 4. The number of amides is 1. The second-order valence-electron chi connectivity index (χ2n) is 6.67. The monoisotopic (exact) mass is 394 g/mol. The number of benzene rings is 1. The summed E-state index contributed by atoms with van der Waals surface area (Å²) in [6, 6.07) is 7.92. The molecule has 1 aliphatic rings. The third-order valence-electron chi connectivity index (χ3n) is 4.58. The third kappa shape index (κ3) is 4.59. The quantitative estimate of drug-likeness (QED) is 0.773. The Balaban J connectivity index is 1.63. The van der Waals surface area contributed by atoms with Crippen LogP contribution >= 0.6 is 0 Å². The van der Waals surface area contributed by atoms with Crippen LogP contribution < -0.4 is 10.1 Å². The third-order valence-corrected chi connectivity index (χ3v) is 4.58. The maximum atomic E-state index is 12.5. The van der Waals surface area contributed by atoms with Gasteiger partial charge in [0.1, 0.15) is 5.75 Å². The summed E-state index contributed by atoms with van der Waals surface area (Å²) in [6.07, 6.45) is -1.83. The molecule has 0 aliphatic heterocycles. The molecule has 0 saturated heterocycles. The van der Waals surface area contributed by atoms with Gasteiger partial charge in [-0.1, -0.05) is 0 Å². The highest BCUT2D eigenvalue weighted by Crippen LogP contribution is 2.35. The first-order chi connectivity index (χ1) is 13.2. The molecule has 0 unspecified atom stereocenters. The van der Waals surface area contributed by atoms with E-state index in [2.05, 4.69) is 10.3 Å². The smallest absolute Gasteiger partial charge is 0.417 e. The van der Waals surface area contributed by atoms with E-state index >= 15 is 0 Å². The van der Waals surface area contributed by atoms with Crippen LogP contribution in [0.2, 0.25) is 0 Å². The molecule has 28 heavy (non-hydrogen) atoms. The van der Waals surface area contributed by atoms with Crippen molar-refractivity contribution in [2.75, 3.05) is 0 Å². The lowest BCUT2D eigenvalue weighted by Crippen LogP contribution is -2.54. The van der Waals surface area contributed by atoms with Crippen LogP contribution in [0, 0.1) is 0 Å². The molecule has 1 aliphatic carbocycles. The average Bonchev–Trinajstić information content (AvgIpc) is 2.59. The Morgan fingerprint density at radius 3 is 2.29 bits per heavy atom. The second-order valence-corrected chi connectivity index (χ2v) is 6.67. The number of alkyl halides is 3. The van der Waals surface area contributed by atoms with E-state index in [0.717, 1.165) is 18.6 Å². The van der Waals surface area contributed by atoms with Crippen LogP contribution in [0.4, 0.5) is 13.2 Å². The summed E-state index contributed by atoms with van der Waals surface area (Å²) in [5, 5.41) is 11.8. The molecular formula is C19H17F3N2O4. The van der Waals surface area contributed by atoms with E-state index in [1.807, 2.05) is 0 Å². The predicted molar refractivity (Wildman–Crippen MR) is 92.1 cm³/mol. The lowest BCUT2D eigenvalue weighted by atomic mass is 9.74. The van der Waals surface area contributed by atoms with Gasteiger partial charge in [-0.25, -0.2) is 4.98 Å². The molecule has 6 nitrogen and oxygen atoms in total. The van der Waals surface area contributed by atoms with Gasteiger partial charge in [-0.2, -0.15) is 13.2 Å². The maximum Gasteiger partial charge on any atom is 0.417 e. The first kappa shape index (κ1) is 19.7. The number of nitrogens with one attached hydrogen (secondary N) is 1. The van der Waals surface area contributed by atoms with Crippen LogP contribution in [0.1, 0.15) is 41.6 Å². The summed E-state index contributed by atoms with van der Waals surface area (Å²) in [6.45, 7) is 0. The summed E-state index contributed by atoms with van der Waals surface area (Å²) in [5.74, 6) is -1.07. The lowest BCUT2D eigenvalue weighted by Gasteiger charge is -2.41. The molecule has 1 saturated carbocycles. The molecule has 0 bridgehead atoms. The van der Waals surface area contributed by atoms with Crippen LogP contribution in [-0.4, -0.2) is 27.5 Å². The number of rotatable bonds is 6. The average molecular weight is 394 g/mol. The number of ether oxygens (including phenoxy) is 1. The molecular weight excluding hydrogens is 377 g/mol. The van der Waals surface area contributed by atoms with Crippen molar-refractivity contribution in [3.8, 4) is 11.6 Å². The second kappa shape index (κ2) is 7.49. The minimum absolute atomic E-state index is 0.0138. The van der Waals surface area contributed by atoms with E-state index in [0.29, 0.717) is 30.4 Å². The fourth-order valence-corrected chi connectivity index (χ4v) is 2.96. The zero-order chi connectivity index (χ0) is 20.4. The number of aromatic nitrogens is 1. The molecule has 1 aromatic heterocycles. The predicted octanol–water partition coefficient (Wildman–Crippen LogP) is 4.02. The summed E-state index contributed by atoms with van der Waals surface area (Å²) < 4.78 is 43.0. The molecule has 1 aromatic carbocycles. The Labute approximate surface area is 158 Å². The van der Waals surface area contributed by atoms with Crippen molar-refractivity contribution < 1.29 is 32.6 Å². The first-order valence-corrected chi connectivity index (χ1v) is 8.52. The van der Waals surface area contributed by atoms with E-state index in [9.17, 15) is 22.8 Å². The number of carboxylic acids is 1. The number of nitrogens with zero attached hydrogens (tertiary/aromatic N) is 1. The fraction of sp³-hybridized carbons (Fsp3) is 0.316. The number of carbonyl (C=O) groups is 2. The largest absolute Gasteiger partial charge is 0.481 e. The van der Waals surface area contributed by atoms with Gasteiger partial charge >= 0.3 is 12.1 Å². The number of pyridine rings is 1. The number of hydrogen-bond donors (Lipinski definition) is 2. The van der Waals surface area contributed by atoms with Crippen molar-refractivity contribution >= 4 is 11.9 Å². The fourth-order valence-electron chi connectivity index (χ4n) is 2.96. The summed E-state index contributed by atoms with van der Waals surface area (Å²) >= 11 is 0. The number of carboxylic acid groups (broad SMARTS) is 1. The number of aliphatic carboxylic acids is 1. The van der Waals surface area contributed by atoms with E-state index < -0.39 is 23.2 Å². The number of halogens is 3. The molecule has 0 radical (unpaired) electrons. The van der Waals surface area contributed by atoms with Crippen molar-refractivity contribution in [2.24, 2.45) is 0 Å². The maximum absolute atomic E-state index is 12.5. The minimum Gasteiger partial charge on any atom is -0.481 e. The van der Waals surface area contributed by atoms with Crippen molar-refractivity contribution in [1.29, 1.82) is 0 Å². The van der Waals surface area contributed by atoms with E-state index in [4.69, 9.17) is 9.84 Å². The standard InChI is InChI=1S/C19H17F3N2O4/c20-19(21,22)13-4-7-15(23-11-13)28-14-5-2-12(3-6-14)17(27)24-18(8-1-9-18)10-16(25)26/h2-7,11H,1,8-10H2,(H,24,27)(H,25,26). The Bertz CT molecular complexity index is 860. The molecule has 2 N–H and O–H groups in total. The molecule has 0 atom stereocenters. The molecule has 3 rings (SSSR count). The van der Waals surface area contributed by atoms with Crippen molar-refractivity contribution in [2.45, 2.75) is 37.4 Å². The van der Waals surface area contributed by atoms with E-state index in [1.165, 1.54) is 24.3 Å². The van der Waals surface area contributed by atoms with Gasteiger partial charge in [0.25, 0.3) is 5.91 Å². The summed E-state index contributed by atoms with van der Waals surface area (Å²) in [5.41, 5.74) is -1.26. The van der Waals surface area contributed by atoms with Crippen molar-refractivity contribution in [3.05, 3.63) is 53.7 Å². The minimum atomic E-state index is -4.47. The van der Waals surface area contributed by atoms with Crippen LogP contribution in [0.25, 0.3) is 0 Å². The van der Waals surface area contributed by atoms with Crippen LogP contribution in [0.5, 0.6) is 11.6 Å². The van der Waals surface area contributed by atoms with Gasteiger partial charge in [-0.05, 0) is 49.6 Å². The molecule has 1 amide bonds. The van der Waals surface area contributed by atoms with Gasteiger partial charge in [0.2, 0.25) is 5.88 Å². The molecule has 1 heterocycles. The van der Waals surface area contributed by atoms with Gasteiger partial charge in [0.05, 0.1) is 17.5 Å². The first-order valence-electron chi connectivity index (χ1n) is 8.52. The van der Waals surface area contributed by atoms with Crippen molar-refractivity contribution in [3.63, 3.8) is 0 Å². The van der Waals surface area contributed by atoms with Crippen LogP contribution in [0.15, 0.2) is 42.6 Å². The van der Waals surface area contributed by atoms with Gasteiger partial charge < -0.3 is 15.2 Å². The highest BCUT2D eigenvalue weighted by atomic mass is 19.4. The zero-order valence-electron chi connectivity index (χ0n) is 14.6.